The van der Waals surface area contributed by atoms with E-state index in [2.05, 4.69) is 27.5 Å². The van der Waals surface area contributed by atoms with E-state index < -0.39 is 30.2 Å². The quantitative estimate of drug-likeness (QED) is 0.469. The molecule has 1 fully saturated rings. The Kier molecular flexibility index (Phi) is 6.35. The van der Waals surface area contributed by atoms with Crippen LogP contribution in [-0.4, -0.2) is 30.7 Å². The third-order valence-corrected chi connectivity index (χ3v) is 3.01. The van der Waals surface area contributed by atoms with E-state index in [0.29, 0.717) is 12.1 Å². The number of allylic oxidation sites excluding steroid dienone is 1. The number of amides is 3. The summed E-state index contributed by atoms with van der Waals surface area (Å²) in [6, 6.07) is 0. The molecule has 0 saturated heterocycles. The van der Waals surface area contributed by atoms with Crippen molar-refractivity contribution in [1.82, 2.24) is 16.2 Å². The minimum Gasteiger partial charge on any atom is -0.333 e. The average Bonchev–Trinajstić information content (AvgIpc) is 2.36. The highest BCUT2D eigenvalue weighted by molar-refractivity contribution is 5.84. The van der Waals surface area contributed by atoms with Gasteiger partial charge in [0.2, 0.25) is 18.2 Å². The summed E-state index contributed by atoms with van der Waals surface area (Å²) in [7, 11) is 0. The van der Waals surface area contributed by atoms with Crippen LogP contribution in [0.5, 0.6) is 0 Å². The van der Waals surface area contributed by atoms with Crippen LogP contribution in [0.4, 0.5) is 13.2 Å². The maximum absolute atomic E-state index is 11.9. The van der Waals surface area contributed by atoms with E-state index in [1.165, 1.54) is 0 Å². The van der Waals surface area contributed by atoms with Crippen LogP contribution >= 0.6 is 0 Å². The Morgan fingerprint density at radius 1 is 1.23 bits per heavy atom. The molecule has 0 atom stereocenters. The second-order valence-electron chi connectivity index (χ2n) is 4.76. The van der Waals surface area contributed by atoms with Gasteiger partial charge in [0.15, 0.2) is 0 Å². The number of carbonyl (C=O) groups excluding carboxylic acids is 3. The van der Waals surface area contributed by atoms with Gasteiger partial charge < -0.3 is 5.32 Å². The molecule has 0 aromatic heterocycles. The second kappa shape index (κ2) is 7.78. The topological polar surface area (TPSA) is 96.5 Å². The lowest BCUT2D eigenvalue weighted by Gasteiger charge is -2.34. The van der Waals surface area contributed by atoms with Gasteiger partial charge in [0.1, 0.15) is 0 Å². The Labute approximate surface area is 124 Å². The number of rotatable bonds is 7. The van der Waals surface area contributed by atoms with E-state index in [0.717, 1.165) is 0 Å². The molecule has 0 radical (unpaired) electrons. The Morgan fingerprint density at radius 3 is 2.41 bits per heavy atom. The standard InChI is InChI=1S/C12H16F3N3O4/c1-7(16-6-19)2-3-10(20)17-18-11(21)8-4-9(5-8)22-12(13,14)15/h6,8-9H,1-5H2,(H,16,19)(H,17,20)(H,18,21). The van der Waals surface area contributed by atoms with E-state index in [-0.39, 0.29) is 25.7 Å². The highest BCUT2D eigenvalue weighted by atomic mass is 19.4. The molecule has 3 N–H and O–H groups in total. The molecule has 0 unspecified atom stereocenters. The van der Waals surface area contributed by atoms with Gasteiger partial charge in [-0.05, 0) is 19.3 Å². The Hall–Kier alpha value is -2.10. The Bertz CT molecular complexity index is 447. The average molecular weight is 323 g/mol. The SMILES string of the molecule is C=C(CCC(=O)NNC(=O)C1CC(OC(F)(F)F)C1)NC=O. The third kappa shape index (κ3) is 6.57. The molecule has 0 aromatic rings. The molecule has 0 spiro atoms. The van der Waals surface area contributed by atoms with E-state index in [9.17, 15) is 27.6 Å². The summed E-state index contributed by atoms with van der Waals surface area (Å²) in [4.78, 5) is 33.0. The van der Waals surface area contributed by atoms with Crippen molar-refractivity contribution in [2.75, 3.05) is 0 Å². The monoisotopic (exact) mass is 323 g/mol. The van der Waals surface area contributed by atoms with Crippen LogP contribution in [0.1, 0.15) is 25.7 Å². The fourth-order valence-electron chi connectivity index (χ4n) is 1.78. The van der Waals surface area contributed by atoms with E-state index >= 15 is 0 Å². The molecule has 0 aliphatic heterocycles. The van der Waals surface area contributed by atoms with Gasteiger partial charge in [-0.25, -0.2) is 0 Å². The number of ether oxygens (including phenoxy) is 1. The molecule has 0 aromatic carbocycles. The maximum Gasteiger partial charge on any atom is 0.522 e. The first kappa shape index (κ1) is 18.0. The zero-order valence-electron chi connectivity index (χ0n) is 11.5. The molecule has 3 amide bonds. The van der Waals surface area contributed by atoms with Gasteiger partial charge in [-0.3, -0.25) is 30.0 Å². The van der Waals surface area contributed by atoms with Crippen LogP contribution in [0.3, 0.4) is 0 Å². The molecule has 1 aliphatic carbocycles. The number of carbonyl (C=O) groups is 3. The van der Waals surface area contributed by atoms with Crippen LogP contribution in [0.15, 0.2) is 12.3 Å². The minimum absolute atomic E-state index is 0.00949. The van der Waals surface area contributed by atoms with Crippen molar-refractivity contribution in [3.63, 3.8) is 0 Å². The zero-order chi connectivity index (χ0) is 16.8. The molecule has 1 saturated carbocycles. The second-order valence-corrected chi connectivity index (χ2v) is 4.76. The fraction of sp³-hybridized carbons (Fsp3) is 0.583. The van der Waals surface area contributed by atoms with E-state index in [1.54, 1.807) is 0 Å². The fourth-order valence-corrected chi connectivity index (χ4v) is 1.78. The maximum atomic E-state index is 11.9. The molecule has 7 nitrogen and oxygen atoms in total. The van der Waals surface area contributed by atoms with Crippen molar-refractivity contribution in [2.24, 2.45) is 5.92 Å². The number of alkyl halides is 3. The van der Waals surface area contributed by atoms with Gasteiger partial charge in [-0.1, -0.05) is 6.58 Å². The summed E-state index contributed by atoms with van der Waals surface area (Å²) in [5, 5.41) is 2.28. The summed E-state index contributed by atoms with van der Waals surface area (Å²) in [6.45, 7) is 3.48. The van der Waals surface area contributed by atoms with Gasteiger partial charge >= 0.3 is 6.36 Å². The highest BCUT2D eigenvalue weighted by Crippen LogP contribution is 2.34. The molecule has 1 rings (SSSR count). The summed E-state index contributed by atoms with van der Waals surface area (Å²) in [6.07, 6.45) is -5.22. The first-order valence-electron chi connectivity index (χ1n) is 6.42. The lowest BCUT2D eigenvalue weighted by molar-refractivity contribution is -0.353. The van der Waals surface area contributed by atoms with Crippen molar-refractivity contribution < 1.29 is 32.3 Å². The molecular weight excluding hydrogens is 307 g/mol. The van der Waals surface area contributed by atoms with Crippen molar-refractivity contribution in [2.45, 2.75) is 38.1 Å². The Morgan fingerprint density at radius 2 is 1.86 bits per heavy atom. The molecule has 0 bridgehead atoms. The summed E-state index contributed by atoms with van der Waals surface area (Å²) < 4.78 is 39.5. The molecule has 10 heteroatoms. The normalized spacial score (nSPS) is 20.5. The molecule has 1 aliphatic rings. The number of hydrazine groups is 1. The van der Waals surface area contributed by atoms with Crippen molar-refractivity contribution in [3.05, 3.63) is 12.3 Å². The van der Waals surface area contributed by atoms with Crippen LogP contribution in [0.25, 0.3) is 0 Å². The largest absolute Gasteiger partial charge is 0.522 e. The number of hydrogen-bond acceptors (Lipinski definition) is 4. The van der Waals surface area contributed by atoms with Gasteiger partial charge in [0.25, 0.3) is 0 Å². The van der Waals surface area contributed by atoms with Gasteiger partial charge in [0.05, 0.1) is 6.10 Å². The summed E-state index contributed by atoms with van der Waals surface area (Å²) in [5.41, 5.74) is 4.61. The molecule has 124 valence electrons. The summed E-state index contributed by atoms with van der Waals surface area (Å²) in [5.74, 6) is -1.70. The zero-order valence-corrected chi connectivity index (χ0v) is 11.5. The molecule has 22 heavy (non-hydrogen) atoms. The van der Waals surface area contributed by atoms with Crippen LogP contribution in [0, 0.1) is 5.92 Å². The van der Waals surface area contributed by atoms with Crippen molar-refractivity contribution in [3.8, 4) is 0 Å². The van der Waals surface area contributed by atoms with Gasteiger partial charge in [0, 0.05) is 18.0 Å². The number of hydrogen-bond donors (Lipinski definition) is 3. The summed E-state index contributed by atoms with van der Waals surface area (Å²) >= 11 is 0. The lowest BCUT2D eigenvalue weighted by atomic mass is 9.82. The molecular formula is C12H16F3N3O4. The van der Waals surface area contributed by atoms with E-state index in [4.69, 9.17) is 0 Å². The van der Waals surface area contributed by atoms with Crippen molar-refractivity contribution in [1.29, 1.82) is 0 Å². The lowest BCUT2D eigenvalue weighted by Crippen LogP contribution is -2.49. The highest BCUT2D eigenvalue weighted by Gasteiger charge is 2.42. The van der Waals surface area contributed by atoms with E-state index in [1.807, 2.05) is 0 Å². The predicted molar refractivity (Wildman–Crippen MR) is 67.5 cm³/mol. The number of nitrogens with one attached hydrogen (secondary N) is 3. The third-order valence-electron chi connectivity index (χ3n) is 3.01. The van der Waals surface area contributed by atoms with Crippen molar-refractivity contribution >= 4 is 18.2 Å². The minimum atomic E-state index is -4.71. The van der Waals surface area contributed by atoms with Gasteiger partial charge in [-0.2, -0.15) is 0 Å². The van der Waals surface area contributed by atoms with Crippen LogP contribution in [-0.2, 0) is 19.1 Å². The first-order valence-corrected chi connectivity index (χ1v) is 6.42. The molecule has 0 heterocycles. The van der Waals surface area contributed by atoms with Gasteiger partial charge in [-0.15, -0.1) is 13.2 Å². The Balaban J connectivity index is 2.15. The van der Waals surface area contributed by atoms with Crippen LogP contribution < -0.4 is 16.2 Å². The smallest absolute Gasteiger partial charge is 0.333 e. The van der Waals surface area contributed by atoms with Crippen LogP contribution in [0.2, 0.25) is 0 Å². The number of halogens is 3. The predicted octanol–water partition coefficient (Wildman–Crippen LogP) is 0.489. The first-order chi connectivity index (χ1) is 10.2.